The van der Waals surface area contributed by atoms with Crippen LogP contribution in [0.2, 0.25) is 0 Å². The van der Waals surface area contributed by atoms with Crippen LogP contribution in [-0.4, -0.2) is 99.7 Å². The minimum Gasteiger partial charge on any atom is -0.508 e. The minimum atomic E-state index is -2.68. The lowest BCUT2D eigenvalue weighted by atomic mass is 9.57. The number of aliphatic hydroxyl groups is 3. The molecule has 222 valence electrons. The second kappa shape index (κ2) is 10.1. The first kappa shape index (κ1) is 28.2. The van der Waals surface area contributed by atoms with Crippen molar-refractivity contribution < 1.29 is 44.0 Å². The monoisotopic (exact) mass is 579 g/mol. The molecule has 2 aromatic rings. The van der Waals surface area contributed by atoms with Crippen LogP contribution in [0.3, 0.4) is 0 Å². The number of carbonyl (C=O) groups is 3. The standard InChI is InChI=1S/C30H33N3O9/c1-32(2)23-19-11-15-9-18-17(14-3-6-42-13-14)10-16(12-33-4-7-41-8-5-33)24(34)21(18)25(35)20(15)27(37)30(19,40)28(38)22(26(23)36)29(31)39/h3,6,10,13,15,19,23,34-35,38,40H,4-5,7-9,11-12H2,1-2H3,(H2,31,39)/t15-,19-,23+,30+/m1/s1. The summed E-state index contributed by atoms with van der Waals surface area (Å²) in [4.78, 5) is 43.2. The normalized spacial score (nSPS) is 28.1. The maximum Gasteiger partial charge on any atom is 0.255 e. The van der Waals surface area contributed by atoms with Crippen molar-refractivity contribution in [2.24, 2.45) is 17.6 Å². The van der Waals surface area contributed by atoms with Gasteiger partial charge in [0.2, 0.25) is 5.78 Å². The summed E-state index contributed by atoms with van der Waals surface area (Å²) in [7, 11) is 3.14. The molecule has 0 radical (unpaired) electrons. The van der Waals surface area contributed by atoms with Gasteiger partial charge in [-0.15, -0.1) is 0 Å². The smallest absolute Gasteiger partial charge is 0.255 e. The molecule has 4 aliphatic rings. The number of phenols is 1. The molecule has 6 N–H and O–H groups in total. The van der Waals surface area contributed by atoms with Gasteiger partial charge in [-0.25, -0.2) is 0 Å². The number of furan rings is 1. The molecule has 2 heterocycles. The van der Waals surface area contributed by atoms with E-state index < -0.39 is 58.0 Å². The van der Waals surface area contributed by atoms with Crippen molar-refractivity contribution in [2.75, 3.05) is 40.4 Å². The van der Waals surface area contributed by atoms with Crippen molar-refractivity contribution in [2.45, 2.75) is 31.0 Å². The summed E-state index contributed by atoms with van der Waals surface area (Å²) in [5, 5.41) is 46.1. The highest BCUT2D eigenvalue weighted by Gasteiger charge is 2.64. The SMILES string of the molecule is CN(C)[C@@H]1C(=O)C(C(N)=O)=C(O)[C@@]2(O)C(=O)C3=C(O)c4c(O)c(CN5CCOCC5)cc(-c5ccoc5)c4C[C@@H]3C[C@H]12. The molecule has 42 heavy (non-hydrogen) atoms. The zero-order chi connectivity index (χ0) is 30.1. The van der Waals surface area contributed by atoms with E-state index >= 15 is 0 Å². The summed E-state index contributed by atoms with van der Waals surface area (Å²) >= 11 is 0. The van der Waals surface area contributed by atoms with Crippen molar-refractivity contribution in [3.05, 3.63) is 58.3 Å². The summed E-state index contributed by atoms with van der Waals surface area (Å²) < 4.78 is 10.8. The van der Waals surface area contributed by atoms with Gasteiger partial charge in [-0.05, 0) is 56.1 Å². The number of benzene rings is 1. The molecule has 6 rings (SSSR count). The molecule has 1 aliphatic heterocycles. The summed E-state index contributed by atoms with van der Waals surface area (Å²) in [5.74, 6) is -6.72. The number of aliphatic hydroxyl groups excluding tert-OH is 2. The molecule has 0 unspecified atom stereocenters. The highest BCUT2D eigenvalue weighted by atomic mass is 16.5. The van der Waals surface area contributed by atoms with Gasteiger partial charge in [-0.2, -0.15) is 0 Å². The number of nitrogens with zero attached hydrogens (tertiary/aromatic N) is 2. The number of ether oxygens (including phenoxy) is 1. The second-order valence-electron chi connectivity index (χ2n) is 11.6. The van der Waals surface area contributed by atoms with E-state index in [1.165, 1.54) is 11.2 Å². The van der Waals surface area contributed by atoms with Crippen LogP contribution in [0.15, 0.2) is 46.0 Å². The number of Topliss-reactive ketones (excluding diaryl/α,β-unsaturated/α-hetero) is 2. The Morgan fingerprint density at radius 1 is 1.19 bits per heavy atom. The number of fused-ring (bicyclic) bond motifs is 3. The topological polar surface area (TPSA) is 187 Å². The zero-order valence-electron chi connectivity index (χ0n) is 23.3. The number of morpholine rings is 1. The number of phenolic OH excluding ortho intramolecular Hbond substituents is 1. The molecule has 4 atom stereocenters. The van der Waals surface area contributed by atoms with Gasteiger partial charge in [0.05, 0.1) is 37.3 Å². The summed E-state index contributed by atoms with van der Waals surface area (Å²) in [5.41, 5.74) is 4.30. The van der Waals surface area contributed by atoms with Crippen LogP contribution < -0.4 is 5.73 Å². The average molecular weight is 580 g/mol. The molecule has 3 aliphatic carbocycles. The van der Waals surface area contributed by atoms with Gasteiger partial charge in [0.25, 0.3) is 5.91 Å². The molecule has 0 bridgehead atoms. The molecular weight excluding hydrogens is 546 g/mol. The molecule has 1 saturated heterocycles. The van der Waals surface area contributed by atoms with Crippen LogP contribution in [0.1, 0.15) is 23.1 Å². The number of amides is 1. The van der Waals surface area contributed by atoms with Gasteiger partial charge >= 0.3 is 0 Å². The van der Waals surface area contributed by atoms with E-state index in [0.29, 0.717) is 49.5 Å². The van der Waals surface area contributed by atoms with Gasteiger partial charge in [-0.1, -0.05) is 0 Å². The van der Waals surface area contributed by atoms with E-state index in [0.717, 1.165) is 5.56 Å². The van der Waals surface area contributed by atoms with Crippen LogP contribution >= 0.6 is 0 Å². The van der Waals surface area contributed by atoms with Gasteiger partial charge < -0.3 is 35.3 Å². The lowest BCUT2D eigenvalue weighted by Crippen LogP contribution is -2.65. The molecule has 0 spiro atoms. The van der Waals surface area contributed by atoms with Crippen LogP contribution in [0.5, 0.6) is 5.75 Å². The first-order valence-electron chi connectivity index (χ1n) is 13.8. The first-order valence-corrected chi connectivity index (χ1v) is 13.8. The maximum absolute atomic E-state index is 14.2. The summed E-state index contributed by atoms with van der Waals surface area (Å²) in [6, 6.07) is 2.48. The van der Waals surface area contributed by atoms with Crippen LogP contribution in [0, 0.1) is 11.8 Å². The number of nitrogens with two attached hydrogens (primary N) is 1. The molecule has 2 fully saturated rings. The molecule has 1 saturated carbocycles. The predicted molar refractivity (Wildman–Crippen MR) is 148 cm³/mol. The fraction of sp³-hybridized carbons (Fsp3) is 0.433. The third kappa shape index (κ3) is 4.01. The first-order chi connectivity index (χ1) is 20.0. The van der Waals surface area contributed by atoms with Gasteiger partial charge in [0, 0.05) is 42.3 Å². The van der Waals surface area contributed by atoms with Crippen molar-refractivity contribution in [3.8, 4) is 16.9 Å². The van der Waals surface area contributed by atoms with Gasteiger partial charge in [0.15, 0.2) is 11.4 Å². The summed E-state index contributed by atoms with van der Waals surface area (Å²) in [6.07, 6.45) is 3.29. The van der Waals surface area contributed by atoms with Crippen LogP contribution in [-0.2, 0) is 32.1 Å². The van der Waals surface area contributed by atoms with Crippen LogP contribution in [0.4, 0.5) is 0 Å². The lowest BCUT2D eigenvalue weighted by molar-refractivity contribution is -0.153. The largest absolute Gasteiger partial charge is 0.508 e. The third-order valence-electron chi connectivity index (χ3n) is 9.13. The molecule has 1 aromatic heterocycles. The van der Waals surface area contributed by atoms with Crippen molar-refractivity contribution in [3.63, 3.8) is 0 Å². The Morgan fingerprint density at radius 3 is 2.52 bits per heavy atom. The Morgan fingerprint density at radius 2 is 1.90 bits per heavy atom. The van der Waals surface area contributed by atoms with Crippen molar-refractivity contribution in [1.82, 2.24) is 9.80 Å². The van der Waals surface area contributed by atoms with E-state index in [9.17, 15) is 34.8 Å². The highest BCUT2D eigenvalue weighted by Crippen LogP contribution is 2.54. The number of likely N-dealkylation sites (N-methyl/N-ethyl adjacent to an activating group) is 1. The molecule has 1 amide bonds. The van der Waals surface area contributed by atoms with E-state index in [4.69, 9.17) is 14.9 Å². The van der Waals surface area contributed by atoms with Crippen molar-refractivity contribution >= 4 is 23.2 Å². The van der Waals surface area contributed by atoms with E-state index in [1.54, 1.807) is 26.4 Å². The molecule has 1 aromatic carbocycles. The third-order valence-corrected chi connectivity index (χ3v) is 9.13. The van der Waals surface area contributed by atoms with E-state index in [2.05, 4.69) is 4.90 Å². The molecular formula is C30H33N3O9. The predicted octanol–water partition coefficient (Wildman–Crippen LogP) is 1.06. The highest BCUT2D eigenvalue weighted by molar-refractivity contribution is 6.24. The number of hydrogen-bond acceptors (Lipinski definition) is 11. The lowest BCUT2D eigenvalue weighted by Gasteiger charge is -2.50. The Kier molecular flexibility index (Phi) is 6.76. The van der Waals surface area contributed by atoms with Crippen LogP contribution in [0.25, 0.3) is 16.9 Å². The summed E-state index contributed by atoms with van der Waals surface area (Å²) in [6.45, 7) is 2.76. The maximum atomic E-state index is 14.2. The fourth-order valence-corrected chi connectivity index (χ4v) is 7.16. The second-order valence-corrected chi connectivity index (χ2v) is 11.6. The van der Waals surface area contributed by atoms with E-state index in [-0.39, 0.29) is 29.7 Å². The van der Waals surface area contributed by atoms with Crippen molar-refractivity contribution in [1.29, 1.82) is 0 Å². The van der Waals surface area contributed by atoms with Gasteiger partial charge in [0.1, 0.15) is 22.8 Å². The average Bonchev–Trinajstić information content (AvgIpc) is 3.47. The Hall–Kier alpha value is -3.97. The number of aromatic hydroxyl groups is 1. The zero-order valence-corrected chi connectivity index (χ0v) is 23.3. The molecule has 12 nitrogen and oxygen atoms in total. The number of rotatable bonds is 5. The van der Waals surface area contributed by atoms with E-state index in [1.807, 2.05) is 6.07 Å². The Balaban J connectivity index is 1.55. The van der Waals surface area contributed by atoms with Gasteiger partial charge in [-0.3, -0.25) is 24.2 Å². The number of hydrogen-bond donors (Lipinski definition) is 5. The Bertz CT molecular complexity index is 1550. The number of ketones is 2. The molecule has 12 heteroatoms. The quantitative estimate of drug-likeness (QED) is 0.319. The Labute approximate surface area is 241 Å². The fourth-order valence-electron chi connectivity index (χ4n) is 7.16. The number of carbonyl (C=O) groups excluding carboxylic acids is 3. The minimum absolute atomic E-state index is 0.0207. The number of primary amides is 1.